The first kappa shape index (κ1) is 23.9. The molecule has 0 aliphatic heterocycles. The minimum absolute atomic E-state index is 0.236. The van der Waals surface area contributed by atoms with Gasteiger partial charge in [-0.1, -0.05) is 36.4 Å². The highest BCUT2D eigenvalue weighted by Gasteiger charge is 2.23. The first-order valence-electron chi connectivity index (χ1n) is 11.0. The first-order valence-corrected chi connectivity index (χ1v) is 11.9. The van der Waals surface area contributed by atoms with Crippen molar-refractivity contribution >= 4 is 34.0 Å². The number of amides is 2. The maximum atomic E-state index is 13.0. The molecule has 3 N–H and O–H groups in total. The van der Waals surface area contributed by atoms with Gasteiger partial charge in [0, 0.05) is 42.5 Å². The van der Waals surface area contributed by atoms with Crippen LogP contribution in [-0.4, -0.2) is 34.9 Å². The van der Waals surface area contributed by atoms with Crippen molar-refractivity contribution in [2.24, 2.45) is 0 Å². The highest BCUT2D eigenvalue weighted by atomic mass is 32.1. The van der Waals surface area contributed by atoms with E-state index in [-0.39, 0.29) is 11.6 Å². The van der Waals surface area contributed by atoms with Gasteiger partial charge in [-0.15, -0.1) is 11.3 Å². The molecule has 2 heterocycles. The Morgan fingerprint density at radius 3 is 2.57 bits per heavy atom. The molecule has 0 spiro atoms. The van der Waals surface area contributed by atoms with Crippen LogP contribution in [0.2, 0.25) is 0 Å². The molecule has 8 nitrogen and oxygen atoms in total. The van der Waals surface area contributed by atoms with Gasteiger partial charge in [-0.2, -0.15) is 0 Å². The van der Waals surface area contributed by atoms with Crippen molar-refractivity contribution in [3.63, 3.8) is 0 Å². The highest BCUT2D eigenvalue weighted by molar-refractivity contribution is 7.14. The molecule has 0 saturated carbocycles. The van der Waals surface area contributed by atoms with E-state index in [1.807, 2.05) is 66.7 Å². The molecule has 9 heteroatoms. The molecule has 2 aromatic carbocycles. The number of thiazole rings is 1. The Bertz CT molecular complexity index is 1260. The first-order chi connectivity index (χ1) is 17.1. The zero-order chi connectivity index (χ0) is 24.5. The minimum atomic E-state index is -0.761. The summed E-state index contributed by atoms with van der Waals surface area (Å²) >= 11 is 1.30. The van der Waals surface area contributed by atoms with E-state index in [0.29, 0.717) is 23.8 Å². The van der Waals surface area contributed by atoms with Crippen molar-refractivity contribution in [1.82, 2.24) is 20.6 Å². The zero-order valence-corrected chi connectivity index (χ0v) is 19.9. The largest absolute Gasteiger partial charge is 0.497 e. The van der Waals surface area contributed by atoms with Gasteiger partial charge in [0.25, 0.3) is 5.91 Å². The Balaban J connectivity index is 1.43. The number of rotatable bonds is 10. The molecule has 0 unspecified atom stereocenters. The molecule has 4 aromatic rings. The van der Waals surface area contributed by atoms with Crippen LogP contribution >= 0.6 is 11.3 Å². The van der Waals surface area contributed by atoms with E-state index in [0.717, 1.165) is 16.8 Å². The van der Waals surface area contributed by atoms with Crippen LogP contribution in [0.1, 0.15) is 21.6 Å². The third-order valence-electron chi connectivity index (χ3n) is 5.18. The minimum Gasteiger partial charge on any atom is -0.497 e. The monoisotopic (exact) mass is 487 g/mol. The smallest absolute Gasteiger partial charge is 0.271 e. The highest BCUT2D eigenvalue weighted by Crippen LogP contribution is 2.24. The average molecular weight is 488 g/mol. The summed E-state index contributed by atoms with van der Waals surface area (Å²) < 4.78 is 5.24. The van der Waals surface area contributed by atoms with Crippen LogP contribution in [0, 0.1) is 0 Å². The molecular weight excluding hydrogens is 462 g/mol. The van der Waals surface area contributed by atoms with E-state index in [1.54, 1.807) is 24.9 Å². The molecule has 0 bridgehead atoms. The number of aromatic nitrogens is 2. The lowest BCUT2D eigenvalue weighted by atomic mass is 10.0. The number of nitrogens with zero attached hydrogens (tertiary/aromatic N) is 2. The molecule has 1 atom stereocenters. The molecule has 0 radical (unpaired) electrons. The van der Waals surface area contributed by atoms with Crippen LogP contribution in [0.15, 0.2) is 84.5 Å². The Labute approximate surface area is 207 Å². The summed E-state index contributed by atoms with van der Waals surface area (Å²) in [5, 5.41) is 11.1. The van der Waals surface area contributed by atoms with Gasteiger partial charge >= 0.3 is 0 Å². The number of methoxy groups -OCH3 is 1. The number of carbonyl (C=O) groups is 2. The Kier molecular flexibility index (Phi) is 8.03. The molecule has 2 aromatic heterocycles. The van der Waals surface area contributed by atoms with Crippen molar-refractivity contribution in [2.75, 3.05) is 12.4 Å². The number of ether oxygens (including phenoxy) is 1. The quantitative estimate of drug-likeness (QED) is 0.313. The summed E-state index contributed by atoms with van der Waals surface area (Å²) in [4.78, 5) is 34.4. The van der Waals surface area contributed by atoms with E-state index in [9.17, 15) is 9.59 Å². The summed E-state index contributed by atoms with van der Waals surface area (Å²) in [6, 6.07) is 19.9. The fourth-order valence-electron chi connectivity index (χ4n) is 3.36. The predicted molar refractivity (Wildman–Crippen MR) is 136 cm³/mol. The number of hydrogen-bond acceptors (Lipinski definition) is 7. The van der Waals surface area contributed by atoms with E-state index in [1.165, 1.54) is 11.3 Å². The Morgan fingerprint density at radius 2 is 1.80 bits per heavy atom. The van der Waals surface area contributed by atoms with Crippen LogP contribution in [0.3, 0.4) is 0 Å². The van der Waals surface area contributed by atoms with E-state index in [2.05, 4.69) is 25.9 Å². The number of anilines is 2. The predicted octanol–water partition coefficient (Wildman–Crippen LogP) is 3.95. The SMILES string of the molecule is COc1cccc(Nc2nc(C(=O)N[C@H](Cc3ccccc3)C(=O)NCc3ccncc3)cs2)c1. The van der Waals surface area contributed by atoms with Gasteiger partial charge < -0.3 is 20.7 Å². The number of pyridine rings is 1. The molecule has 0 aliphatic rings. The summed E-state index contributed by atoms with van der Waals surface area (Å²) in [5.41, 5.74) is 2.89. The fourth-order valence-corrected chi connectivity index (χ4v) is 4.07. The van der Waals surface area contributed by atoms with Crippen molar-refractivity contribution in [3.8, 4) is 5.75 Å². The van der Waals surface area contributed by atoms with E-state index in [4.69, 9.17) is 4.74 Å². The van der Waals surface area contributed by atoms with E-state index >= 15 is 0 Å². The summed E-state index contributed by atoms with van der Waals surface area (Å²) in [6.07, 6.45) is 3.70. The van der Waals surface area contributed by atoms with Crippen molar-refractivity contribution in [3.05, 3.63) is 101 Å². The second-order valence-electron chi connectivity index (χ2n) is 7.68. The number of benzene rings is 2. The van der Waals surface area contributed by atoms with Gasteiger partial charge in [-0.25, -0.2) is 4.98 Å². The van der Waals surface area contributed by atoms with E-state index < -0.39 is 11.9 Å². The molecule has 0 fully saturated rings. The lowest BCUT2D eigenvalue weighted by Crippen LogP contribution is -2.47. The fraction of sp³-hybridized carbons (Fsp3) is 0.154. The Hall–Kier alpha value is -4.24. The maximum absolute atomic E-state index is 13.0. The van der Waals surface area contributed by atoms with Crippen LogP contribution < -0.4 is 20.7 Å². The number of carbonyl (C=O) groups excluding carboxylic acids is 2. The van der Waals surface area contributed by atoms with Crippen molar-refractivity contribution in [1.29, 1.82) is 0 Å². The molecule has 178 valence electrons. The van der Waals surface area contributed by atoms with Crippen molar-refractivity contribution < 1.29 is 14.3 Å². The van der Waals surface area contributed by atoms with Gasteiger partial charge in [0.1, 0.15) is 17.5 Å². The van der Waals surface area contributed by atoms with Gasteiger partial charge in [0.05, 0.1) is 7.11 Å². The summed E-state index contributed by atoms with van der Waals surface area (Å²) in [5.74, 6) is 0.0231. The van der Waals surface area contributed by atoms with Crippen LogP contribution in [0.4, 0.5) is 10.8 Å². The standard InChI is InChI=1S/C26H25N5O3S/c1-34-21-9-5-8-20(15-21)29-26-31-23(17-35-26)25(33)30-22(14-18-6-3-2-4-7-18)24(32)28-16-19-10-12-27-13-11-19/h2-13,15,17,22H,14,16H2,1H3,(H,28,32)(H,29,31)(H,30,33)/t22-/m1/s1. The average Bonchev–Trinajstić information content (AvgIpc) is 3.37. The molecule has 4 rings (SSSR count). The van der Waals surface area contributed by atoms with Gasteiger partial charge in [-0.3, -0.25) is 14.6 Å². The lowest BCUT2D eigenvalue weighted by molar-refractivity contribution is -0.123. The Morgan fingerprint density at radius 1 is 1.00 bits per heavy atom. The van der Waals surface area contributed by atoms with Crippen LogP contribution in [-0.2, 0) is 17.8 Å². The molecule has 0 saturated heterocycles. The zero-order valence-electron chi connectivity index (χ0n) is 19.1. The van der Waals surface area contributed by atoms with Crippen molar-refractivity contribution in [2.45, 2.75) is 19.0 Å². The summed E-state index contributed by atoms with van der Waals surface area (Å²) in [7, 11) is 1.60. The summed E-state index contributed by atoms with van der Waals surface area (Å²) in [6.45, 7) is 0.341. The maximum Gasteiger partial charge on any atom is 0.271 e. The topological polar surface area (TPSA) is 105 Å². The molecular formula is C26H25N5O3S. The van der Waals surface area contributed by atoms with Crippen LogP contribution in [0.5, 0.6) is 5.75 Å². The van der Waals surface area contributed by atoms with Gasteiger partial charge in [-0.05, 0) is 35.4 Å². The second-order valence-corrected chi connectivity index (χ2v) is 8.54. The molecule has 2 amide bonds. The normalized spacial score (nSPS) is 11.3. The molecule has 0 aliphatic carbocycles. The third-order valence-corrected chi connectivity index (χ3v) is 5.94. The second kappa shape index (κ2) is 11.8. The third kappa shape index (κ3) is 6.87. The number of hydrogen-bond donors (Lipinski definition) is 3. The lowest BCUT2D eigenvalue weighted by Gasteiger charge is -2.18. The molecule has 35 heavy (non-hydrogen) atoms. The number of nitrogens with one attached hydrogen (secondary N) is 3. The van der Waals surface area contributed by atoms with Gasteiger partial charge in [0.2, 0.25) is 5.91 Å². The van der Waals surface area contributed by atoms with Crippen LogP contribution in [0.25, 0.3) is 0 Å². The van der Waals surface area contributed by atoms with Gasteiger partial charge in [0.15, 0.2) is 5.13 Å².